The molecule has 0 aromatic heterocycles. The minimum absolute atomic E-state index is 0.213. The average molecular weight is 430 g/mol. The van der Waals surface area contributed by atoms with Gasteiger partial charge in [0.15, 0.2) is 0 Å². The third-order valence-corrected chi connectivity index (χ3v) is 4.97. The smallest absolute Gasteiger partial charge is 0.251 e. The van der Waals surface area contributed by atoms with Gasteiger partial charge in [0.05, 0.1) is 7.11 Å². The lowest BCUT2D eigenvalue weighted by molar-refractivity contribution is 0.0950. The predicted molar refractivity (Wildman–Crippen MR) is 116 cm³/mol. The van der Waals surface area contributed by atoms with Crippen LogP contribution >= 0.6 is 23.2 Å². The molecule has 0 radical (unpaired) electrons. The maximum atomic E-state index is 12.6. The van der Waals surface area contributed by atoms with E-state index in [1.807, 2.05) is 31.2 Å². The second-order valence-corrected chi connectivity index (χ2v) is 7.39. The molecule has 29 heavy (non-hydrogen) atoms. The van der Waals surface area contributed by atoms with Crippen molar-refractivity contribution in [3.63, 3.8) is 0 Å². The summed E-state index contributed by atoms with van der Waals surface area (Å²) in [6.45, 7) is 2.60. The Bertz CT molecular complexity index is 1020. The molecule has 0 aliphatic carbocycles. The zero-order valence-corrected chi connectivity index (χ0v) is 17.7. The molecule has 4 nitrogen and oxygen atoms in total. The molecule has 0 aliphatic heterocycles. The van der Waals surface area contributed by atoms with Crippen LogP contribution in [-0.2, 0) is 13.2 Å². The molecule has 0 bridgehead atoms. The molecule has 3 aromatic rings. The molecular weight excluding hydrogens is 409 g/mol. The van der Waals surface area contributed by atoms with E-state index in [1.165, 1.54) is 0 Å². The summed E-state index contributed by atoms with van der Waals surface area (Å²) in [7, 11) is 1.59. The van der Waals surface area contributed by atoms with Crippen molar-refractivity contribution in [1.29, 1.82) is 0 Å². The Balaban J connectivity index is 1.70. The molecule has 6 heteroatoms. The van der Waals surface area contributed by atoms with Crippen molar-refractivity contribution < 1.29 is 14.3 Å². The molecule has 1 amide bonds. The molecule has 0 unspecified atom stereocenters. The number of halogens is 2. The minimum Gasteiger partial charge on any atom is -0.496 e. The summed E-state index contributed by atoms with van der Waals surface area (Å²) in [4.78, 5) is 12.6. The standard InChI is InChI=1S/C23H21Cl2NO3/c1-15-4-3-5-20(10-15)29-14-18-11-16(7-9-22(18)28-2)23(27)26-13-17-6-8-19(24)12-21(17)25/h3-12H,13-14H2,1-2H3,(H,26,27). The van der Waals surface area contributed by atoms with E-state index in [4.69, 9.17) is 32.7 Å². The first-order valence-corrected chi connectivity index (χ1v) is 9.80. The van der Waals surface area contributed by atoms with Crippen molar-refractivity contribution in [3.05, 3.63) is 93.0 Å². The normalized spacial score (nSPS) is 10.5. The van der Waals surface area contributed by atoms with Gasteiger partial charge < -0.3 is 14.8 Å². The highest BCUT2D eigenvalue weighted by Crippen LogP contribution is 2.24. The van der Waals surface area contributed by atoms with Crippen LogP contribution in [-0.4, -0.2) is 13.0 Å². The Morgan fingerprint density at radius 1 is 1.00 bits per heavy atom. The van der Waals surface area contributed by atoms with Gasteiger partial charge in [0.25, 0.3) is 5.91 Å². The van der Waals surface area contributed by atoms with Gasteiger partial charge in [-0.1, -0.05) is 41.4 Å². The van der Waals surface area contributed by atoms with Crippen LogP contribution in [0.4, 0.5) is 0 Å². The van der Waals surface area contributed by atoms with Gasteiger partial charge in [-0.3, -0.25) is 4.79 Å². The molecule has 0 heterocycles. The Morgan fingerprint density at radius 2 is 1.83 bits per heavy atom. The highest BCUT2D eigenvalue weighted by atomic mass is 35.5. The number of amides is 1. The van der Waals surface area contributed by atoms with Crippen LogP contribution in [0.1, 0.15) is 27.0 Å². The van der Waals surface area contributed by atoms with Gasteiger partial charge in [-0.15, -0.1) is 0 Å². The van der Waals surface area contributed by atoms with Crippen molar-refractivity contribution in [2.24, 2.45) is 0 Å². The number of rotatable bonds is 7. The number of carbonyl (C=O) groups is 1. The first-order chi connectivity index (χ1) is 14.0. The molecule has 0 saturated heterocycles. The Hall–Kier alpha value is -2.69. The van der Waals surface area contributed by atoms with Crippen molar-refractivity contribution in [3.8, 4) is 11.5 Å². The third-order valence-electron chi connectivity index (χ3n) is 4.38. The zero-order chi connectivity index (χ0) is 20.8. The monoisotopic (exact) mass is 429 g/mol. The number of benzene rings is 3. The quantitative estimate of drug-likeness (QED) is 0.514. The molecular formula is C23H21Cl2NO3. The number of aryl methyl sites for hydroxylation is 1. The third kappa shape index (κ3) is 5.66. The first-order valence-electron chi connectivity index (χ1n) is 9.05. The van der Waals surface area contributed by atoms with Crippen LogP contribution in [0.2, 0.25) is 10.0 Å². The second kappa shape index (κ2) is 9.68. The van der Waals surface area contributed by atoms with E-state index in [9.17, 15) is 4.79 Å². The molecule has 3 rings (SSSR count). The summed E-state index contributed by atoms with van der Waals surface area (Å²) in [6, 6.07) is 18.2. The molecule has 150 valence electrons. The van der Waals surface area contributed by atoms with Crippen LogP contribution < -0.4 is 14.8 Å². The number of hydrogen-bond donors (Lipinski definition) is 1. The fourth-order valence-electron chi connectivity index (χ4n) is 2.84. The largest absolute Gasteiger partial charge is 0.496 e. The van der Waals surface area contributed by atoms with Crippen LogP contribution in [0.25, 0.3) is 0 Å². The summed E-state index contributed by atoms with van der Waals surface area (Å²) >= 11 is 12.1. The molecule has 1 N–H and O–H groups in total. The van der Waals surface area contributed by atoms with Gasteiger partial charge in [-0.05, 0) is 60.5 Å². The van der Waals surface area contributed by atoms with Gasteiger partial charge in [-0.2, -0.15) is 0 Å². The van der Waals surface area contributed by atoms with Crippen molar-refractivity contribution in [2.45, 2.75) is 20.1 Å². The molecule has 0 spiro atoms. The number of carbonyl (C=O) groups excluding carboxylic acids is 1. The number of methoxy groups -OCH3 is 1. The van der Waals surface area contributed by atoms with E-state index in [-0.39, 0.29) is 12.5 Å². The van der Waals surface area contributed by atoms with E-state index >= 15 is 0 Å². The average Bonchev–Trinajstić information content (AvgIpc) is 2.71. The minimum atomic E-state index is -0.213. The van der Waals surface area contributed by atoms with E-state index in [1.54, 1.807) is 43.5 Å². The van der Waals surface area contributed by atoms with Crippen LogP contribution in [0, 0.1) is 6.92 Å². The highest BCUT2D eigenvalue weighted by molar-refractivity contribution is 6.35. The number of hydrogen-bond acceptors (Lipinski definition) is 3. The summed E-state index contributed by atoms with van der Waals surface area (Å²) in [5, 5.41) is 3.94. The van der Waals surface area contributed by atoms with Crippen LogP contribution in [0.3, 0.4) is 0 Å². The fourth-order valence-corrected chi connectivity index (χ4v) is 3.32. The summed E-state index contributed by atoms with van der Waals surface area (Å²) in [6.07, 6.45) is 0. The predicted octanol–water partition coefficient (Wildman–Crippen LogP) is 5.82. The lowest BCUT2D eigenvalue weighted by Gasteiger charge is -2.13. The second-order valence-electron chi connectivity index (χ2n) is 6.55. The van der Waals surface area contributed by atoms with Crippen molar-refractivity contribution in [1.82, 2.24) is 5.32 Å². The maximum absolute atomic E-state index is 12.6. The maximum Gasteiger partial charge on any atom is 0.251 e. The SMILES string of the molecule is COc1ccc(C(=O)NCc2ccc(Cl)cc2Cl)cc1COc1cccc(C)c1. The lowest BCUT2D eigenvalue weighted by Crippen LogP contribution is -2.23. The van der Waals surface area contributed by atoms with Crippen LogP contribution in [0.5, 0.6) is 11.5 Å². The van der Waals surface area contributed by atoms with Crippen molar-refractivity contribution in [2.75, 3.05) is 7.11 Å². The number of ether oxygens (including phenoxy) is 2. The Labute approximate surface area is 180 Å². The van der Waals surface area contributed by atoms with Gasteiger partial charge in [0.2, 0.25) is 0 Å². The Morgan fingerprint density at radius 3 is 2.55 bits per heavy atom. The van der Waals surface area contributed by atoms with E-state index in [2.05, 4.69) is 5.32 Å². The molecule has 0 aliphatic rings. The van der Waals surface area contributed by atoms with E-state index in [0.717, 1.165) is 22.4 Å². The topological polar surface area (TPSA) is 47.6 Å². The highest BCUT2D eigenvalue weighted by Gasteiger charge is 2.12. The van der Waals surface area contributed by atoms with Crippen LogP contribution in [0.15, 0.2) is 60.7 Å². The fraction of sp³-hybridized carbons (Fsp3) is 0.174. The van der Waals surface area contributed by atoms with Gasteiger partial charge in [-0.25, -0.2) is 0 Å². The summed E-state index contributed by atoms with van der Waals surface area (Å²) in [5.74, 6) is 1.21. The summed E-state index contributed by atoms with van der Waals surface area (Å²) < 4.78 is 11.3. The first kappa shape index (κ1) is 21.0. The van der Waals surface area contributed by atoms with E-state index in [0.29, 0.717) is 27.9 Å². The molecule has 0 atom stereocenters. The molecule has 0 saturated carbocycles. The van der Waals surface area contributed by atoms with Crippen molar-refractivity contribution >= 4 is 29.1 Å². The van der Waals surface area contributed by atoms with Gasteiger partial charge >= 0.3 is 0 Å². The number of nitrogens with one attached hydrogen (secondary N) is 1. The lowest BCUT2D eigenvalue weighted by atomic mass is 10.1. The zero-order valence-electron chi connectivity index (χ0n) is 16.2. The molecule has 0 fully saturated rings. The van der Waals surface area contributed by atoms with Gasteiger partial charge in [0, 0.05) is 27.7 Å². The molecule has 3 aromatic carbocycles. The van der Waals surface area contributed by atoms with E-state index < -0.39 is 0 Å². The Kier molecular flexibility index (Phi) is 7.02. The summed E-state index contributed by atoms with van der Waals surface area (Å²) in [5.41, 5.74) is 3.20. The van der Waals surface area contributed by atoms with Gasteiger partial charge in [0.1, 0.15) is 18.1 Å².